The van der Waals surface area contributed by atoms with Crippen molar-refractivity contribution in [2.75, 3.05) is 5.75 Å². The summed E-state index contributed by atoms with van der Waals surface area (Å²) in [5.41, 5.74) is 1.49. The van der Waals surface area contributed by atoms with E-state index in [1.807, 2.05) is 0 Å². The third-order valence-electron chi connectivity index (χ3n) is 2.47. The molecule has 0 saturated heterocycles. The smallest absolute Gasteiger partial charge is 0.138 e. The largest absolute Gasteiger partial charge is 0.389 e. The number of benzene rings is 1. The molecule has 6 heteroatoms. The summed E-state index contributed by atoms with van der Waals surface area (Å²) in [7, 11) is 0. The molecule has 2 aromatic rings. The minimum Gasteiger partial charge on any atom is -0.389 e. The molecule has 0 aliphatic heterocycles. The molecule has 0 radical (unpaired) electrons. The van der Waals surface area contributed by atoms with E-state index in [4.69, 9.17) is 0 Å². The van der Waals surface area contributed by atoms with Gasteiger partial charge >= 0.3 is 0 Å². The number of hydrogen-bond donors (Lipinski definition) is 3. The lowest BCUT2D eigenvalue weighted by Crippen LogP contribution is -2.19. The van der Waals surface area contributed by atoms with E-state index in [2.05, 4.69) is 22.7 Å². The number of aromatic nitrogens is 3. The van der Waals surface area contributed by atoms with Crippen LogP contribution in [0.15, 0.2) is 36.9 Å². The van der Waals surface area contributed by atoms with Crippen molar-refractivity contribution in [3.8, 4) is 5.69 Å². The maximum atomic E-state index is 9.78. The molecule has 0 aliphatic carbocycles. The average Bonchev–Trinajstić information content (AvgIpc) is 2.91. The zero-order valence-corrected chi connectivity index (χ0v) is 9.90. The van der Waals surface area contributed by atoms with Crippen LogP contribution in [0.1, 0.15) is 11.7 Å². The van der Waals surface area contributed by atoms with Gasteiger partial charge in [-0.2, -0.15) is 17.7 Å². The summed E-state index contributed by atoms with van der Waals surface area (Å²) in [6.45, 7) is 0. The van der Waals surface area contributed by atoms with Crippen LogP contribution in [0.3, 0.4) is 0 Å². The molecule has 0 bridgehead atoms. The molecular weight excluding hydrogens is 238 g/mol. The first-order chi connectivity index (χ1) is 8.22. The van der Waals surface area contributed by atoms with Crippen LogP contribution in [-0.4, -0.2) is 36.8 Å². The third-order valence-corrected chi connectivity index (χ3v) is 2.84. The number of rotatable bonds is 4. The first-order valence-corrected chi connectivity index (χ1v) is 5.77. The Labute approximate surface area is 104 Å². The van der Waals surface area contributed by atoms with Crippen LogP contribution in [-0.2, 0) is 0 Å². The summed E-state index contributed by atoms with van der Waals surface area (Å²) >= 11 is 3.94. The second-order valence-corrected chi connectivity index (χ2v) is 3.99. The van der Waals surface area contributed by atoms with Gasteiger partial charge in [-0.25, -0.2) is 9.67 Å². The molecule has 2 N–H and O–H groups in total. The predicted octanol–water partition coefficient (Wildman–Crippen LogP) is 0.591. The van der Waals surface area contributed by atoms with Crippen molar-refractivity contribution < 1.29 is 10.2 Å². The van der Waals surface area contributed by atoms with Crippen molar-refractivity contribution in [3.05, 3.63) is 42.5 Å². The van der Waals surface area contributed by atoms with Gasteiger partial charge in [0.15, 0.2) is 0 Å². The number of aliphatic hydroxyl groups is 2. The lowest BCUT2D eigenvalue weighted by Gasteiger charge is -2.16. The highest BCUT2D eigenvalue weighted by atomic mass is 32.1. The molecule has 1 aromatic heterocycles. The van der Waals surface area contributed by atoms with E-state index in [1.54, 1.807) is 35.3 Å². The first-order valence-electron chi connectivity index (χ1n) is 5.14. The SMILES string of the molecule is OC(CS)C(O)c1ccc(-n2cncn2)cc1. The Morgan fingerprint density at radius 3 is 2.47 bits per heavy atom. The van der Waals surface area contributed by atoms with Crippen LogP contribution in [0.5, 0.6) is 0 Å². The van der Waals surface area contributed by atoms with E-state index in [-0.39, 0.29) is 5.75 Å². The minimum absolute atomic E-state index is 0.214. The molecule has 17 heavy (non-hydrogen) atoms. The van der Waals surface area contributed by atoms with Crippen LogP contribution in [0.2, 0.25) is 0 Å². The van der Waals surface area contributed by atoms with Crippen LogP contribution in [0, 0.1) is 0 Å². The van der Waals surface area contributed by atoms with Crippen LogP contribution >= 0.6 is 12.6 Å². The minimum atomic E-state index is -0.919. The molecule has 2 unspecified atom stereocenters. The lowest BCUT2D eigenvalue weighted by molar-refractivity contribution is 0.0337. The zero-order valence-electron chi connectivity index (χ0n) is 9.01. The van der Waals surface area contributed by atoms with Gasteiger partial charge in [0, 0.05) is 5.75 Å². The summed E-state index contributed by atoms with van der Waals surface area (Å²) < 4.78 is 1.62. The van der Waals surface area contributed by atoms with E-state index in [1.165, 1.54) is 6.33 Å². The van der Waals surface area contributed by atoms with Gasteiger partial charge in [-0.05, 0) is 17.7 Å². The Bertz CT molecular complexity index is 458. The van der Waals surface area contributed by atoms with Crippen molar-refractivity contribution >= 4 is 12.6 Å². The quantitative estimate of drug-likeness (QED) is 0.696. The van der Waals surface area contributed by atoms with E-state index in [9.17, 15) is 10.2 Å². The van der Waals surface area contributed by atoms with Crippen molar-refractivity contribution in [2.45, 2.75) is 12.2 Å². The van der Waals surface area contributed by atoms with E-state index in [0.717, 1.165) is 5.69 Å². The zero-order chi connectivity index (χ0) is 12.3. The monoisotopic (exact) mass is 251 g/mol. The molecule has 5 nitrogen and oxygen atoms in total. The third kappa shape index (κ3) is 2.66. The Morgan fingerprint density at radius 2 is 1.94 bits per heavy atom. The Hall–Kier alpha value is -1.37. The van der Waals surface area contributed by atoms with Crippen molar-refractivity contribution in [1.82, 2.24) is 14.8 Å². The highest BCUT2D eigenvalue weighted by Gasteiger charge is 2.16. The lowest BCUT2D eigenvalue weighted by atomic mass is 10.1. The molecule has 1 aromatic carbocycles. The van der Waals surface area contributed by atoms with Gasteiger partial charge in [0.2, 0.25) is 0 Å². The summed E-state index contributed by atoms with van der Waals surface area (Å²) in [4.78, 5) is 3.85. The molecule has 0 saturated carbocycles. The van der Waals surface area contributed by atoms with Crippen molar-refractivity contribution in [3.63, 3.8) is 0 Å². The Morgan fingerprint density at radius 1 is 1.24 bits per heavy atom. The van der Waals surface area contributed by atoms with Gasteiger partial charge in [-0.15, -0.1) is 0 Å². The van der Waals surface area contributed by atoms with Crippen LogP contribution in [0.25, 0.3) is 5.69 Å². The number of aliphatic hydroxyl groups excluding tert-OH is 2. The summed E-state index contributed by atoms with van der Waals surface area (Å²) in [6.07, 6.45) is 1.26. The molecule has 2 atom stereocenters. The number of nitrogens with zero attached hydrogens (tertiary/aromatic N) is 3. The van der Waals surface area contributed by atoms with Crippen LogP contribution in [0.4, 0.5) is 0 Å². The normalized spacial score (nSPS) is 14.5. The molecule has 0 fully saturated rings. The maximum Gasteiger partial charge on any atom is 0.138 e. The van der Waals surface area contributed by atoms with Crippen LogP contribution < -0.4 is 0 Å². The van der Waals surface area contributed by atoms with Gasteiger partial charge in [0.25, 0.3) is 0 Å². The van der Waals surface area contributed by atoms with Gasteiger partial charge < -0.3 is 10.2 Å². The molecule has 0 amide bonds. The molecule has 0 spiro atoms. The highest BCUT2D eigenvalue weighted by molar-refractivity contribution is 7.80. The molecule has 0 aliphatic rings. The first kappa shape index (κ1) is 12.1. The molecular formula is C11H13N3O2S. The Kier molecular flexibility index (Phi) is 3.78. The average molecular weight is 251 g/mol. The second-order valence-electron chi connectivity index (χ2n) is 3.63. The molecule has 90 valence electrons. The molecule has 2 rings (SSSR count). The van der Waals surface area contributed by atoms with E-state index >= 15 is 0 Å². The van der Waals surface area contributed by atoms with Crippen molar-refractivity contribution in [1.29, 1.82) is 0 Å². The Balaban J connectivity index is 2.18. The summed E-state index contributed by atoms with van der Waals surface area (Å²) in [5.74, 6) is 0.214. The number of thiol groups is 1. The van der Waals surface area contributed by atoms with Gasteiger partial charge in [0.05, 0.1) is 11.8 Å². The van der Waals surface area contributed by atoms with Crippen molar-refractivity contribution in [2.24, 2.45) is 0 Å². The van der Waals surface area contributed by atoms with Gasteiger partial charge in [-0.3, -0.25) is 0 Å². The fourth-order valence-corrected chi connectivity index (χ4v) is 1.69. The van der Waals surface area contributed by atoms with E-state index < -0.39 is 12.2 Å². The standard InChI is InChI=1S/C11H13N3O2S/c15-10(5-17)11(16)8-1-3-9(4-2-8)14-7-12-6-13-14/h1-4,6-7,10-11,15-17H,5H2. The molecule has 1 heterocycles. The van der Waals surface area contributed by atoms with Gasteiger partial charge in [-0.1, -0.05) is 12.1 Å². The maximum absolute atomic E-state index is 9.78. The highest BCUT2D eigenvalue weighted by Crippen LogP contribution is 2.19. The summed E-state index contributed by atoms with van der Waals surface area (Å²) in [5, 5.41) is 23.2. The predicted molar refractivity (Wildman–Crippen MR) is 66.2 cm³/mol. The fraction of sp³-hybridized carbons (Fsp3) is 0.273. The van der Waals surface area contributed by atoms with Gasteiger partial charge in [0.1, 0.15) is 18.8 Å². The topological polar surface area (TPSA) is 71.2 Å². The summed E-state index contributed by atoms with van der Waals surface area (Å²) in [6, 6.07) is 7.10. The number of hydrogen-bond acceptors (Lipinski definition) is 5. The second kappa shape index (κ2) is 5.31. The van der Waals surface area contributed by atoms with E-state index in [0.29, 0.717) is 5.56 Å². The fourth-order valence-electron chi connectivity index (χ4n) is 1.49.